The van der Waals surface area contributed by atoms with Crippen LogP contribution in [0, 0.1) is 0 Å². The first-order valence-electron chi connectivity index (χ1n) is 8.33. The molecule has 20 nitrogen and oxygen atoms in total. The summed E-state index contributed by atoms with van der Waals surface area (Å²) in [4.78, 5) is 47.2. The van der Waals surface area contributed by atoms with Gasteiger partial charge in [-0.25, -0.2) is 28.6 Å². The van der Waals surface area contributed by atoms with Gasteiger partial charge >= 0.3 is 49.2 Å². The Morgan fingerprint density at radius 1 is 1.03 bits per heavy atom. The van der Waals surface area contributed by atoms with Crippen LogP contribution in [0.15, 0.2) is 12.7 Å². The van der Waals surface area contributed by atoms with Crippen molar-refractivity contribution in [2.24, 2.45) is 0 Å². The van der Waals surface area contributed by atoms with Crippen LogP contribution in [0.3, 0.4) is 0 Å². The predicted molar refractivity (Wildman–Crippen MR) is 96.8 cm³/mol. The molecule has 1 fully saturated rings. The van der Waals surface area contributed by atoms with Crippen LogP contribution in [0.4, 0.5) is 5.82 Å². The molecule has 2 aromatic rings. The van der Waals surface area contributed by atoms with Gasteiger partial charge in [-0.15, -0.1) is 0 Å². The summed E-state index contributed by atoms with van der Waals surface area (Å²) < 4.78 is 68.9. The summed E-state index contributed by atoms with van der Waals surface area (Å²) in [6.45, 7) is -0.956. The first-order chi connectivity index (χ1) is 15.6. The molecule has 190 valence electrons. The molecule has 2 unspecified atom stereocenters. The van der Waals surface area contributed by atoms with E-state index in [1.165, 1.54) is 10.9 Å². The average Bonchev–Trinajstić information content (AvgIpc) is 3.21. The Morgan fingerprint density at radius 3 is 2.24 bits per heavy atom. The Kier molecular flexibility index (Phi) is 9.74. The Bertz CT molecular complexity index is 1200. The van der Waals surface area contributed by atoms with E-state index in [0.29, 0.717) is 0 Å². The number of rotatable bonds is 8. The number of anilines is 1. The number of fused-ring (bicyclic) bond motifs is 1. The number of phosphoric acid groups is 3. The summed E-state index contributed by atoms with van der Waals surface area (Å²) in [6, 6.07) is 0. The Labute approximate surface area is 196 Å². The van der Waals surface area contributed by atoms with Gasteiger partial charge in [-0.2, -0.15) is 8.62 Å². The van der Waals surface area contributed by atoms with Crippen LogP contribution in [0.5, 0.6) is 0 Å². The van der Waals surface area contributed by atoms with E-state index in [0.717, 1.165) is 6.33 Å². The molecule has 24 heteroatoms. The summed E-state index contributed by atoms with van der Waals surface area (Å²) in [5.41, 5.74) is 6.00. The van der Waals surface area contributed by atoms with Gasteiger partial charge in [0.25, 0.3) is 0 Å². The van der Waals surface area contributed by atoms with Crippen LogP contribution >= 0.6 is 23.5 Å². The van der Waals surface area contributed by atoms with E-state index in [2.05, 4.69) is 28.1 Å². The molecule has 0 amide bonds. The van der Waals surface area contributed by atoms with Crippen LogP contribution in [0.25, 0.3) is 11.2 Å². The van der Waals surface area contributed by atoms with Gasteiger partial charge in [-0.1, -0.05) is 0 Å². The molecule has 34 heavy (non-hydrogen) atoms. The predicted octanol–water partition coefficient (Wildman–Crippen LogP) is -1.87. The van der Waals surface area contributed by atoms with Gasteiger partial charge in [0.15, 0.2) is 17.7 Å². The fraction of sp³-hybridized carbons (Fsp3) is 0.500. The number of imidazole rings is 1. The quantitative estimate of drug-likeness (QED) is 0.131. The molecule has 1 aliphatic heterocycles. The Balaban J connectivity index is 0.00000129. The fourth-order valence-electron chi connectivity index (χ4n) is 2.62. The number of aromatic nitrogens is 4. The zero-order valence-corrected chi connectivity index (χ0v) is 20.5. The molecule has 3 heterocycles. The van der Waals surface area contributed by atoms with E-state index in [4.69, 9.17) is 31.8 Å². The van der Waals surface area contributed by atoms with Gasteiger partial charge in [-0.3, -0.25) is 9.09 Å². The van der Waals surface area contributed by atoms with Crippen molar-refractivity contribution < 1.29 is 87.1 Å². The first kappa shape index (κ1) is 29.2. The molecule has 2 aromatic heterocycles. The first-order valence-corrected chi connectivity index (χ1v) is 14.1. The number of phosphoric ester groups is 1. The maximum atomic E-state index is 11.8. The molecule has 0 bridgehead atoms. The van der Waals surface area contributed by atoms with Crippen molar-refractivity contribution in [3.8, 4) is 0 Å². The maximum absolute atomic E-state index is 11.8. The topological polar surface area (TPSA) is 313 Å². The van der Waals surface area contributed by atoms with Crippen molar-refractivity contribution in [1.29, 1.82) is 0 Å². The van der Waals surface area contributed by atoms with Crippen molar-refractivity contribution >= 4 is 40.4 Å². The number of hydrogen-bond acceptors (Lipinski definition) is 15. The average molecular weight is 587 g/mol. The molecular formula is C10H16N5O15P3Ti. The zero-order chi connectivity index (χ0) is 25.9. The second-order valence-electron chi connectivity index (χ2n) is 6.10. The molecule has 3 rings (SSSR count). The Hall–Kier alpha value is -1.05. The molecule has 1 aliphatic rings. The standard InChI is InChI=1S/C10H16N5O13P3.2O.Ti/c11-8-5-9(13-2-12-8)15(3-14-5)10-7(17)6(16)4(26-10)1-25-30(21,22)28-31(23,24)27-29(18,19)20;;;/h2-4,6-7,10,16-17H,1H2,(H,21,22)(H,23,24)(H2,11,12,13)(H2,18,19,20);;;/t4-,6-,7-,10-;;;/m1.../s1. The van der Waals surface area contributed by atoms with Crippen LogP contribution in [0.2, 0.25) is 0 Å². The molecule has 0 saturated carbocycles. The van der Waals surface area contributed by atoms with E-state index in [1.807, 2.05) is 0 Å². The molecule has 8 N–H and O–H groups in total. The molecule has 0 aromatic carbocycles. The van der Waals surface area contributed by atoms with Crippen molar-refractivity contribution in [3.05, 3.63) is 12.7 Å². The second-order valence-corrected chi connectivity index (χ2v) is 10.8. The van der Waals surface area contributed by atoms with Gasteiger partial charge in [-0.05, 0) is 0 Å². The van der Waals surface area contributed by atoms with Crippen molar-refractivity contribution in [3.63, 3.8) is 0 Å². The van der Waals surface area contributed by atoms with Crippen LogP contribution in [0.1, 0.15) is 6.23 Å². The molecule has 6 atom stereocenters. The van der Waals surface area contributed by atoms with Gasteiger partial charge in [0, 0.05) is 0 Å². The van der Waals surface area contributed by atoms with Crippen LogP contribution in [-0.2, 0) is 57.3 Å². The third-order valence-electron chi connectivity index (χ3n) is 3.82. The van der Waals surface area contributed by atoms with E-state index in [1.54, 1.807) is 0 Å². The fourth-order valence-corrected chi connectivity index (χ4v) is 5.65. The third kappa shape index (κ3) is 7.73. The minimum absolute atomic E-state index is 0.0426. The molecular weight excluding hydrogens is 571 g/mol. The van der Waals surface area contributed by atoms with Crippen molar-refractivity contribution in [2.75, 3.05) is 12.3 Å². The monoisotopic (exact) mass is 587 g/mol. The number of ether oxygens (including phenoxy) is 1. The van der Waals surface area contributed by atoms with Gasteiger partial charge in [0.2, 0.25) is 0 Å². The molecule has 0 radical (unpaired) electrons. The minimum atomic E-state index is -5.70. The molecule has 1 saturated heterocycles. The van der Waals surface area contributed by atoms with Crippen molar-refractivity contribution in [1.82, 2.24) is 19.5 Å². The van der Waals surface area contributed by atoms with Crippen LogP contribution in [-0.4, -0.2) is 74.2 Å². The van der Waals surface area contributed by atoms with Gasteiger partial charge in [0.1, 0.15) is 30.2 Å². The number of nitrogens with zero attached hydrogens (tertiary/aromatic N) is 4. The summed E-state index contributed by atoms with van der Waals surface area (Å²) in [5, 5.41) is 20.4. The van der Waals surface area contributed by atoms with Gasteiger partial charge in [0.05, 0.1) is 12.9 Å². The number of hydrogen-bond donors (Lipinski definition) is 7. The van der Waals surface area contributed by atoms with E-state index in [-0.39, 0.29) is 17.0 Å². The number of aliphatic hydroxyl groups excluding tert-OH is 2. The summed E-state index contributed by atoms with van der Waals surface area (Å²) in [7, 11) is -16.7. The van der Waals surface area contributed by atoms with Crippen LogP contribution < -0.4 is 5.73 Å². The number of nitrogen functional groups attached to an aromatic ring is 1. The summed E-state index contributed by atoms with van der Waals surface area (Å²) >= 11 is -2.00. The number of aliphatic hydroxyl groups is 2. The van der Waals surface area contributed by atoms with E-state index < -0.39 is 73.7 Å². The van der Waals surface area contributed by atoms with Crippen molar-refractivity contribution in [2.45, 2.75) is 24.5 Å². The summed E-state index contributed by atoms with van der Waals surface area (Å²) in [6.07, 6.45) is -3.69. The SMILES string of the molecule is Nc1ncnc2c1ncn2[C@@H]1O[C@H](COP(=O)(O)OP(=O)(O)OP(=O)(O)O)[C@@H](O)[C@H]1O.[O]=[Ti]=[O]. The van der Waals surface area contributed by atoms with Gasteiger partial charge < -0.3 is 40.3 Å². The van der Waals surface area contributed by atoms with E-state index in [9.17, 15) is 28.8 Å². The number of nitrogens with two attached hydrogens (primary N) is 1. The zero-order valence-electron chi connectivity index (χ0n) is 16.2. The van der Waals surface area contributed by atoms with E-state index >= 15 is 0 Å². The summed E-state index contributed by atoms with van der Waals surface area (Å²) in [5.74, 6) is 0.0426. The molecule has 0 spiro atoms. The normalized spacial score (nSPS) is 26.2. The Morgan fingerprint density at radius 2 is 1.65 bits per heavy atom. The second kappa shape index (κ2) is 11.3. The third-order valence-corrected chi connectivity index (χ3v) is 7.62. The molecule has 0 aliphatic carbocycles.